The molecule has 78 valence electrons. The van der Waals surface area contributed by atoms with Gasteiger partial charge in [-0.2, -0.15) is 0 Å². The summed E-state index contributed by atoms with van der Waals surface area (Å²) >= 11 is 6.21. The van der Waals surface area contributed by atoms with E-state index in [1.807, 2.05) is 6.92 Å². The smallest absolute Gasteiger partial charge is 0.138 e. The van der Waals surface area contributed by atoms with E-state index < -0.39 is 0 Å². The molecule has 2 nitrogen and oxygen atoms in total. The molecular weight excluding hydrogens is 208 g/mol. The molecule has 0 atom stereocenters. The average molecular weight is 221 g/mol. The van der Waals surface area contributed by atoms with Crippen molar-refractivity contribution >= 4 is 22.5 Å². The van der Waals surface area contributed by atoms with Gasteiger partial charge in [-0.25, -0.2) is 4.98 Å². The maximum absolute atomic E-state index is 6.21. The number of hydrogen-bond acceptors (Lipinski definition) is 1. The van der Waals surface area contributed by atoms with E-state index in [1.54, 1.807) is 0 Å². The third-order valence-electron chi connectivity index (χ3n) is 3.16. The molecule has 15 heavy (non-hydrogen) atoms. The fourth-order valence-electron chi connectivity index (χ4n) is 2.50. The molecule has 0 spiro atoms. The summed E-state index contributed by atoms with van der Waals surface area (Å²) in [6, 6.07) is 2.08. The molecule has 2 aromatic heterocycles. The molecule has 0 saturated carbocycles. The van der Waals surface area contributed by atoms with Crippen LogP contribution in [-0.2, 0) is 12.8 Å². The lowest BCUT2D eigenvalue weighted by molar-refractivity contribution is 0.680. The molecule has 1 N–H and O–H groups in total. The van der Waals surface area contributed by atoms with E-state index >= 15 is 0 Å². The zero-order valence-corrected chi connectivity index (χ0v) is 9.49. The summed E-state index contributed by atoms with van der Waals surface area (Å²) < 4.78 is 0. The van der Waals surface area contributed by atoms with Crippen molar-refractivity contribution in [1.29, 1.82) is 0 Å². The van der Waals surface area contributed by atoms with Crippen LogP contribution >= 0.6 is 11.6 Å². The normalized spacial score (nSPS) is 15.6. The van der Waals surface area contributed by atoms with Crippen molar-refractivity contribution in [2.75, 3.05) is 0 Å². The number of aromatic amines is 1. The molecule has 1 aliphatic carbocycles. The SMILES string of the molecule is Cc1cc2[nH]c3c(c2c(Cl)n1)CCCC3. The standard InChI is InChI=1S/C12H13ClN2/c1-7-6-10-11(12(13)14-7)8-4-2-3-5-9(8)15-10/h6,15H,2-5H2,1H3. The highest BCUT2D eigenvalue weighted by Gasteiger charge is 2.17. The molecule has 0 unspecified atom stereocenters. The number of rotatable bonds is 0. The van der Waals surface area contributed by atoms with Gasteiger partial charge < -0.3 is 4.98 Å². The Morgan fingerprint density at radius 2 is 2.13 bits per heavy atom. The van der Waals surface area contributed by atoms with Gasteiger partial charge in [0.15, 0.2) is 0 Å². The highest BCUT2D eigenvalue weighted by molar-refractivity contribution is 6.34. The molecular formula is C12H13ClN2. The van der Waals surface area contributed by atoms with Crippen molar-refractivity contribution in [2.24, 2.45) is 0 Å². The highest BCUT2D eigenvalue weighted by Crippen LogP contribution is 2.32. The van der Waals surface area contributed by atoms with Crippen LogP contribution < -0.4 is 0 Å². The van der Waals surface area contributed by atoms with Crippen molar-refractivity contribution in [1.82, 2.24) is 9.97 Å². The Balaban J connectivity index is 2.37. The lowest BCUT2D eigenvalue weighted by Crippen LogP contribution is -2.00. The van der Waals surface area contributed by atoms with Crippen LogP contribution in [0.3, 0.4) is 0 Å². The first-order chi connectivity index (χ1) is 7.25. The number of nitrogens with one attached hydrogen (secondary N) is 1. The van der Waals surface area contributed by atoms with Crippen molar-refractivity contribution in [3.63, 3.8) is 0 Å². The molecule has 3 rings (SSSR count). The molecule has 3 heteroatoms. The van der Waals surface area contributed by atoms with Gasteiger partial charge >= 0.3 is 0 Å². The Morgan fingerprint density at radius 3 is 3.00 bits per heavy atom. The second-order valence-electron chi connectivity index (χ2n) is 4.27. The Kier molecular flexibility index (Phi) is 1.99. The van der Waals surface area contributed by atoms with Crippen LogP contribution in [0.15, 0.2) is 6.07 Å². The van der Waals surface area contributed by atoms with Gasteiger partial charge in [0.05, 0.1) is 5.52 Å². The van der Waals surface area contributed by atoms with Gasteiger partial charge in [0.2, 0.25) is 0 Å². The van der Waals surface area contributed by atoms with Crippen molar-refractivity contribution < 1.29 is 0 Å². The van der Waals surface area contributed by atoms with E-state index in [2.05, 4.69) is 16.0 Å². The number of H-pyrrole nitrogens is 1. The average Bonchev–Trinajstić information content (AvgIpc) is 2.54. The fraction of sp³-hybridized carbons (Fsp3) is 0.417. The summed E-state index contributed by atoms with van der Waals surface area (Å²) in [7, 11) is 0. The fourth-order valence-corrected chi connectivity index (χ4v) is 2.85. The van der Waals surface area contributed by atoms with Crippen molar-refractivity contribution in [3.8, 4) is 0 Å². The third-order valence-corrected chi connectivity index (χ3v) is 3.43. The van der Waals surface area contributed by atoms with Crippen LogP contribution in [0.25, 0.3) is 10.9 Å². The van der Waals surface area contributed by atoms with Crippen LogP contribution in [0.2, 0.25) is 5.15 Å². The minimum atomic E-state index is 0.657. The number of aromatic nitrogens is 2. The first-order valence-electron chi connectivity index (χ1n) is 5.42. The Labute approximate surface area is 93.7 Å². The Hall–Kier alpha value is -1.02. The summed E-state index contributed by atoms with van der Waals surface area (Å²) in [6.07, 6.45) is 4.84. The van der Waals surface area contributed by atoms with E-state index in [1.165, 1.54) is 24.1 Å². The van der Waals surface area contributed by atoms with E-state index in [0.717, 1.165) is 29.4 Å². The quantitative estimate of drug-likeness (QED) is 0.678. The molecule has 1 aliphatic rings. The van der Waals surface area contributed by atoms with Gasteiger partial charge in [-0.15, -0.1) is 0 Å². The molecule has 2 heterocycles. The maximum Gasteiger partial charge on any atom is 0.138 e. The van der Waals surface area contributed by atoms with E-state index in [4.69, 9.17) is 11.6 Å². The molecule has 0 aromatic carbocycles. The molecule has 2 aromatic rings. The second-order valence-corrected chi connectivity index (χ2v) is 4.62. The number of halogens is 1. The van der Waals surface area contributed by atoms with Gasteiger partial charge in [0.1, 0.15) is 5.15 Å². The molecule has 0 bridgehead atoms. The molecule has 0 aliphatic heterocycles. The zero-order valence-electron chi connectivity index (χ0n) is 8.73. The number of hydrogen-bond donors (Lipinski definition) is 1. The number of nitrogens with zero attached hydrogens (tertiary/aromatic N) is 1. The van der Waals surface area contributed by atoms with Gasteiger partial charge in [0.25, 0.3) is 0 Å². The first-order valence-corrected chi connectivity index (χ1v) is 5.80. The lowest BCUT2D eigenvalue weighted by Gasteiger charge is -2.10. The summed E-state index contributed by atoms with van der Waals surface area (Å²) in [5.41, 5.74) is 4.89. The van der Waals surface area contributed by atoms with Crippen molar-refractivity contribution in [3.05, 3.63) is 28.2 Å². The predicted octanol–water partition coefficient (Wildman–Crippen LogP) is 3.40. The molecule has 0 radical (unpaired) electrons. The van der Waals surface area contributed by atoms with Crippen LogP contribution in [0.4, 0.5) is 0 Å². The summed E-state index contributed by atoms with van der Waals surface area (Å²) in [5.74, 6) is 0. The van der Waals surface area contributed by atoms with Gasteiger partial charge in [-0.3, -0.25) is 0 Å². The minimum absolute atomic E-state index is 0.657. The maximum atomic E-state index is 6.21. The van der Waals surface area contributed by atoms with Gasteiger partial charge in [0, 0.05) is 16.8 Å². The van der Waals surface area contributed by atoms with Crippen LogP contribution in [0.5, 0.6) is 0 Å². The number of fused-ring (bicyclic) bond motifs is 3. The van der Waals surface area contributed by atoms with Crippen LogP contribution in [0.1, 0.15) is 29.8 Å². The Morgan fingerprint density at radius 1 is 1.33 bits per heavy atom. The number of aryl methyl sites for hydroxylation is 3. The van der Waals surface area contributed by atoms with E-state index in [0.29, 0.717) is 5.15 Å². The van der Waals surface area contributed by atoms with E-state index in [9.17, 15) is 0 Å². The zero-order chi connectivity index (χ0) is 10.4. The van der Waals surface area contributed by atoms with Crippen molar-refractivity contribution in [2.45, 2.75) is 32.6 Å². The van der Waals surface area contributed by atoms with Gasteiger partial charge in [-0.1, -0.05) is 11.6 Å². The van der Waals surface area contributed by atoms with Crippen LogP contribution in [-0.4, -0.2) is 9.97 Å². The highest BCUT2D eigenvalue weighted by atomic mass is 35.5. The largest absolute Gasteiger partial charge is 0.358 e. The monoisotopic (exact) mass is 220 g/mol. The number of pyridine rings is 1. The summed E-state index contributed by atoms with van der Waals surface area (Å²) in [5, 5.41) is 1.81. The van der Waals surface area contributed by atoms with Gasteiger partial charge in [-0.05, 0) is 44.2 Å². The molecule has 0 amide bonds. The topological polar surface area (TPSA) is 28.7 Å². The molecule has 0 saturated heterocycles. The summed E-state index contributed by atoms with van der Waals surface area (Å²) in [4.78, 5) is 7.80. The van der Waals surface area contributed by atoms with Crippen LogP contribution in [0, 0.1) is 6.92 Å². The Bertz CT molecular complexity index is 528. The third kappa shape index (κ3) is 1.36. The lowest BCUT2D eigenvalue weighted by atomic mass is 9.96. The minimum Gasteiger partial charge on any atom is -0.358 e. The molecule has 0 fully saturated rings. The second kappa shape index (κ2) is 3.24. The summed E-state index contributed by atoms with van der Waals surface area (Å²) in [6.45, 7) is 1.98. The van der Waals surface area contributed by atoms with E-state index in [-0.39, 0.29) is 0 Å². The first kappa shape index (κ1) is 9.22. The predicted molar refractivity (Wildman–Crippen MR) is 62.5 cm³/mol.